The fraction of sp³-hybridized carbons (Fsp3) is 0.333. The summed E-state index contributed by atoms with van der Waals surface area (Å²) in [5.74, 6) is -3.47. The molecule has 0 radical (unpaired) electrons. The lowest BCUT2D eigenvalue weighted by Gasteiger charge is -2.29. The SMILES string of the molecule is CC1CC2=C(S1)C(C(=O)Nc1ccccc1F)C(=O)N(C)S2(=O)=O. The van der Waals surface area contributed by atoms with Crippen LogP contribution in [-0.4, -0.2) is 36.8 Å². The standard InChI is InChI=1S/C15H15FN2O4S2/c1-8-7-11-13(23-8)12(15(20)18(2)24(11,21)22)14(19)17-10-6-4-3-5-9(10)16/h3-6,8,12H,7H2,1-2H3,(H,17,19). The number of para-hydroxylation sites is 1. The van der Waals surface area contributed by atoms with Gasteiger partial charge in [-0.3, -0.25) is 9.59 Å². The molecule has 0 bridgehead atoms. The highest BCUT2D eigenvalue weighted by atomic mass is 32.2. The van der Waals surface area contributed by atoms with E-state index in [1.165, 1.54) is 30.0 Å². The van der Waals surface area contributed by atoms with Gasteiger partial charge in [-0.05, 0) is 18.6 Å². The molecule has 2 atom stereocenters. The fourth-order valence-corrected chi connectivity index (χ4v) is 6.04. The van der Waals surface area contributed by atoms with Crippen LogP contribution in [0.3, 0.4) is 0 Å². The monoisotopic (exact) mass is 370 g/mol. The third kappa shape index (κ3) is 2.61. The predicted octanol–water partition coefficient (Wildman–Crippen LogP) is 1.92. The van der Waals surface area contributed by atoms with E-state index >= 15 is 0 Å². The molecule has 1 aromatic carbocycles. The smallest absolute Gasteiger partial charge is 0.263 e. The molecule has 2 unspecified atom stereocenters. The van der Waals surface area contributed by atoms with Crippen molar-refractivity contribution in [2.45, 2.75) is 18.6 Å². The third-order valence-electron chi connectivity index (χ3n) is 3.96. The molecule has 1 aromatic rings. The zero-order valence-corrected chi connectivity index (χ0v) is 14.6. The second-order valence-electron chi connectivity index (χ2n) is 5.63. The molecule has 3 rings (SSSR count). The molecule has 0 spiro atoms. The molecular formula is C15H15FN2O4S2. The molecule has 0 aliphatic carbocycles. The summed E-state index contributed by atoms with van der Waals surface area (Å²) in [4.78, 5) is 25.4. The third-order valence-corrected chi connectivity index (χ3v) is 7.31. The Balaban J connectivity index is 2.00. The number of nitrogens with zero attached hydrogens (tertiary/aromatic N) is 1. The zero-order valence-electron chi connectivity index (χ0n) is 12.9. The van der Waals surface area contributed by atoms with Crippen molar-refractivity contribution in [3.63, 3.8) is 0 Å². The quantitative estimate of drug-likeness (QED) is 0.804. The molecule has 0 saturated carbocycles. The van der Waals surface area contributed by atoms with Crippen molar-refractivity contribution in [2.75, 3.05) is 12.4 Å². The number of halogens is 1. The molecule has 2 aliphatic heterocycles. The number of allylic oxidation sites excluding steroid dienone is 1. The number of rotatable bonds is 2. The molecule has 2 heterocycles. The van der Waals surface area contributed by atoms with Crippen LogP contribution < -0.4 is 5.32 Å². The molecule has 0 aromatic heterocycles. The Labute approximate surface area is 143 Å². The minimum atomic E-state index is -3.88. The van der Waals surface area contributed by atoms with E-state index in [4.69, 9.17) is 0 Å². The Kier molecular flexibility index (Phi) is 4.16. The van der Waals surface area contributed by atoms with Gasteiger partial charge in [0.15, 0.2) is 0 Å². The van der Waals surface area contributed by atoms with Crippen LogP contribution in [0.15, 0.2) is 34.1 Å². The Morgan fingerprint density at radius 1 is 1.38 bits per heavy atom. The number of amides is 2. The Morgan fingerprint density at radius 2 is 2.04 bits per heavy atom. The van der Waals surface area contributed by atoms with E-state index in [1.54, 1.807) is 6.07 Å². The molecule has 9 heteroatoms. The summed E-state index contributed by atoms with van der Waals surface area (Å²) in [5.41, 5.74) is -0.0513. The Morgan fingerprint density at radius 3 is 2.71 bits per heavy atom. The van der Waals surface area contributed by atoms with Crippen molar-refractivity contribution in [2.24, 2.45) is 5.92 Å². The molecule has 2 aliphatic rings. The number of carbonyl (C=O) groups is 2. The van der Waals surface area contributed by atoms with Gasteiger partial charge in [0.1, 0.15) is 11.7 Å². The van der Waals surface area contributed by atoms with Crippen LogP contribution in [0.25, 0.3) is 0 Å². The molecule has 2 amide bonds. The fourth-order valence-electron chi connectivity index (χ4n) is 2.72. The van der Waals surface area contributed by atoms with Gasteiger partial charge < -0.3 is 5.32 Å². The van der Waals surface area contributed by atoms with E-state index in [2.05, 4.69) is 5.32 Å². The van der Waals surface area contributed by atoms with Crippen LogP contribution in [0, 0.1) is 11.7 Å². The maximum absolute atomic E-state index is 13.7. The van der Waals surface area contributed by atoms with Gasteiger partial charge in [0, 0.05) is 17.2 Å². The highest BCUT2D eigenvalue weighted by molar-refractivity contribution is 8.05. The van der Waals surface area contributed by atoms with Crippen LogP contribution in [0.5, 0.6) is 0 Å². The van der Waals surface area contributed by atoms with Gasteiger partial charge in [0.2, 0.25) is 5.91 Å². The minimum absolute atomic E-state index is 0.0483. The highest BCUT2D eigenvalue weighted by Gasteiger charge is 2.49. The number of hydrogen-bond acceptors (Lipinski definition) is 5. The normalized spacial score (nSPS) is 25.6. The van der Waals surface area contributed by atoms with Crippen molar-refractivity contribution in [3.05, 3.63) is 39.9 Å². The van der Waals surface area contributed by atoms with E-state index in [1.807, 2.05) is 6.92 Å². The van der Waals surface area contributed by atoms with Gasteiger partial charge in [-0.25, -0.2) is 17.1 Å². The molecule has 128 valence electrons. The number of sulfonamides is 1. The largest absolute Gasteiger partial charge is 0.323 e. The summed E-state index contributed by atoms with van der Waals surface area (Å²) in [6, 6.07) is 5.59. The van der Waals surface area contributed by atoms with Gasteiger partial charge in [0.25, 0.3) is 15.9 Å². The van der Waals surface area contributed by atoms with E-state index in [-0.39, 0.29) is 27.2 Å². The van der Waals surface area contributed by atoms with Gasteiger partial charge in [0.05, 0.1) is 10.6 Å². The Bertz CT molecular complexity index is 866. The lowest BCUT2D eigenvalue weighted by atomic mass is 10.1. The Hall–Kier alpha value is -1.87. The molecular weight excluding hydrogens is 355 g/mol. The van der Waals surface area contributed by atoms with Crippen molar-refractivity contribution in [1.29, 1.82) is 0 Å². The summed E-state index contributed by atoms with van der Waals surface area (Å²) in [6.45, 7) is 1.83. The average molecular weight is 370 g/mol. The second-order valence-corrected chi connectivity index (χ2v) is 9.10. The summed E-state index contributed by atoms with van der Waals surface area (Å²) >= 11 is 1.21. The second kappa shape index (κ2) is 5.89. The first kappa shape index (κ1) is 17.0. The molecule has 24 heavy (non-hydrogen) atoms. The zero-order chi connectivity index (χ0) is 17.6. The lowest BCUT2D eigenvalue weighted by Crippen LogP contribution is -2.46. The van der Waals surface area contributed by atoms with Crippen LogP contribution in [0.2, 0.25) is 0 Å². The van der Waals surface area contributed by atoms with Gasteiger partial charge in [-0.15, -0.1) is 11.8 Å². The van der Waals surface area contributed by atoms with Crippen LogP contribution >= 0.6 is 11.8 Å². The van der Waals surface area contributed by atoms with E-state index < -0.39 is 33.6 Å². The van der Waals surface area contributed by atoms with Crippen molar-refractivity contribution in [3.8, 4) is 0 Å². The number of thioether (sulfide) groups is 1. The van der Waals surface area contributed by atoms with E-state index in [0.29, 0.717) is 4.31 Å². The van der Waals surface area contributed by atoms with Gasteiger partial charge >= 0.3 is 0 Å². The summed E-state index contributed by atoms with van der Waals surface area (Å²) in [7, 11) is -2.74. The van der Waals surface area contributed by atoms with Gasteiger partial charge in [-0.1, -0.05) is 19.1 Å². The summed E-state index contributed by atoms with van der Waals surface area (Å²) < 4.78 is 39.1. The summed E-state index contributed by atoms with van der Waals surface area (Å²) in [6.07, 6.45) is 0.267. The van der Waals surface area contributed by atoms with Crippen LogP contribution in [0.1, 0.15) is 13.3 Å². The highest BCUT2D eigenvalue weighted by Crippen LogP contribution is 2.48. The van der Waals surface area contributed by atoms with Crippen molar-refractivity contribution >= 4 is 39.3 Å². The molecule has 0 fully saturated rings. The maximum atomic E-state index is 13.7. The number of carbonyl (C=O) groups excluding carboxylic acids is 2. The minimum Gasteiger partial charge on any atom is -0.323 e. The lowest BCUT2D eigenvalue weighted by molar-refractivity contribution is -0.134. The first-order chi connectivity index (χ1) is 11.2. The van der Waals surface area contributed by atoms with E-state index in [9.17, 15) is 22.4 Å². The maximum Gasteiger partial charge on any atom is 0.263 e. The number of nitrogens with one attached hydrogen (secondary N) is 1. The average Bonchev–Trinajstić information content (AvgIpc) is 2.90. The van der Waals surface area contributed by atoms with Gasteiger partial charge in [-0.2, -0.15) is 0 Å². The van der Waals surface area contributed by atoms with Crippen molar-refractivity contribution < 1.29 is 22.4 Å². The summed E-state index contributed by atoms with van der Waals surface area (Å²) in [5, 5.41) is 2.33. The number of benzene rings is 1. The molecule has 6 nitrogen and oxygen atoms in total. The van der Waals surface area contributed by atoms with E-state index in [0.717, 1.165) is 7.05 Å². The van der Waals surface area contributed by atoms with Crippen LogP contribution in [0.4, 0.5) is 10.1 Å². The first-order valence-corrected chi connectivity index (χ1v) is 9.53. The topological polar surface area (TPSA) is 83.6 Å². The van der Waals surface area contributed by atoms with Crippen LogP contribution in [-0.2, 0) is 19.6 Å². The molecule has 1 N–H and O–H groups in total. The molecule has 0 saturated heterocycles. The predicted molar refractivity (Wildman–Crippen MR) is 88.9 cm³/mol. The van der Waals surface area contributed by atoms with Crippen molar-refractivity contribution in [1.82, 2.24) is 4.31 Å². The number of hydrogen-bond donors (Lipinski definition) is 1. The number of anilines is 1. The first-order valence-electron chi connectivity index (χ1n) is 7.21.